The van der Waals surface area contributed by atoms with E-state index in [-0.39, 0.29) is 0 Å². The van der Waals surface area contributed by atoms with Gasteiger partial charge in [0.15, 0.2) is 10.8 Å². The van der Waals surface area contributed by atoms with Gasteiger partial charge in [-0.3, -0.25) is 0 Å². The molecule has 0 radical (unpaired) electrons. The lowest BCUT2D eigenvalue weighted by molar-refractivity contribution is 0.577. The third kappa shape index (κ3) is 3.30. The molecule has 0 N–H and O–H groups in total. The third-order valence-corrected chi connectivity index (χ3v) is 6.86. The number of thioether (sulfide) groups is 1. The first-order valence-corrected chi connectivity index (χ1v) is 11.3. The Morgan fingerprint density at radius 1 is 1.07 bits per heavy atom. The van der Waals surface area contributed by atoms with Crippen LogP contribution in [0.1, 0.15) is 24.8 Å². The van der Waals surface area contributed by atoms with Gasteiger partial charge >= 0.3 is 0 Å². The Labute approximate surface area is 166 Å². The predicted molar refractivity (Wildman–Crippen MR) is 114 cm³/mol. The number of piperidine rings is 1. The van der Waals surface area contributed by atoms with Crippen LogP contribution in [0.25, 0.3) is 21.4 Å². The number of nitrogens with zero attached hydrogens (tertiary/aromatic N) is 5. The lowest BCUT2D eigenvalue weighted by Crippen LogP contribution is -2.29. The average Bonchev–Trinajstić information content (AvgIpc) is 3.32. The van der Waals surface area contributed by atoms with E-state index in [9.17, 15) is 0 Å². The number of imidazole rings is 1. The van der Waals surface area contributed by atoms with Gasteiger partial charge in [-0.15, -0.1) is 11.8 Å². The highest BCUT2D eigenvalue weighted by Crippen LogP contribution is 2.31. The molecule has 0 bridgehead atoms. The summed E-state index contributed by atoms with van der Waals surface area (Å²) in [6.45, 7) is 3.05. The number of pyridine rings is 1. The minimum Gasteiger partial charge on any atom is -0.348 e. The van der Waals surface area contributed by atoms with Crippen LogP contribution in [0.3, 0.4) is 0 Å². The quantitative estimate of drug-likeness (QED) is 0.465. The van der Waals surface area contributed by atoms with Crippen molar-refractivity contribution in [3.05, 3.63) is 42.4 Å². The normalized spacial score (nSPS) is 15.1. The second-order valence-electron chi connectivity index (χ2n) is 6.94. The molecular formula is C20H21N5S2. The summed E-state index contributed by atoms with van der Waals surface area (Å²) in [5, 5.41) is 1.17. The first-order valence-electron chi connectivity index (χ1n) is 9.29. The van der Waals surface area contributed by atoms with Gasteiger partial charge in [0.1, 0.15) is 5.52 Å². The Bertz CT molecular complexity index is 1090. The Morgan fingerprint density at radius 2 is 1.96 bits per heavy atom. The van der Waals surface area contributed by atoms with Crippen LogP contribution in [0.2, 0.25) is 0 Å². The smallest absolute Gasteiger partial charge is 0.186 e. The van der Waals surface area contributed by atoms with E-state index in [0.717, 1.165) is 41.2 Å². The highest BCUT2D eigenvalue weighted by atomic mass is 32.2. The van der Waals surface area contributed by atoms with E-state index in [2.05, 4.69) is 50.0 Å². The molecule has 7 heteroatoms. The van der Waals surface area contributed by atoms with Gasteiger partial charge in [-0.25, -0.2) is 15.0 Å². The molecule has 1 aromatic carbocycles. The molecular weight excluding hydrogens is 374 g/mol. The number of thiazole rings is 1. The van der Waals surface area contributed by atoms with Crippen molar-refractivity contribution >= 4 is 49.6 Å². The summed E-state index contributed by atoms with van der Waals surface area (Å²) in [5.41, 5.74) is 4.24. The molecule has 0 spiro atoms. The van der Waals surface area contributed by atoms with Crippen molar-refractivity contribution in [2.75, 3.05) is 24.2 Å². The summed E-state index contributed by atoms with van der Waals surface area (Å²) < 4.78 is 3.38. The second kappa shape index (κ2) is 7.13. The predicted octanol–water partition coefficient (Wildman–Crippen LogP) is 4.80. The second-order valence-corrected chi connectivity index (χ2v) is 8.83. The number of hydrogen-bond donors (Lipinski definition) is 0. The lowest BCUT2D eigenvalue weighted by atomic mass is 10.1. The van der Waals surface area contributed by atoms with Crippen molar-refractivity contribution in [3.8, 4) is 0 Å². The standard InChI is InChI=1S/C20H21N5S2/c1-26-15-10-17-19(21-11-15)25(13-22-17)12-14-5-6-16-18(9-14)27-20(23-16)24-7-3-2-4-8-24/h5-6,9-11,13H,2-4,7-8,12H2,1H3. The van der Waals surface area contributed by atoms with Crippen molar-refractivity contribution in [1.82, 2.24) is 19.5 Å². The Morgan fingerprint density at radius 3 is 2.81 bits per heavy atom. The van der Waals surface area contributed by atoms with Crippen molar-refractivity contribution in [2.24, 2.45) is 0 Å². The van der Waals surface area contributed by atoms with Crippen LogP contribution in [-0.2, 0) is 6.54 Å². The van der Waals surface area contributed by atoms with E-state index in [4.69, 9.17) is 4.98 Å². The molecule has 138 valence electrons. The number of fused-ring (bicyclic) bond motifs is 2. The van der Waals surface area contributed by atoms with Gasteiger partial charge in [-0.1, -0.05) is 17.4 Å². The van der Waals surface area contributed by atoms with Gasteiger partial charge in [-0.05, 0) is 49.3 Å². The van der Waals surface area contributed by atoms with Gasteiger partial charge < -0.3 is 9.47 Å². The highest BCUT2D eigenvalue weighted by molar-refractivity contribution is 7.98. The number of rotatable bonds is 4. The van der Waals surface area contributed by atoms with E-state index in [0.29, 0.717) is 0 Å². The fraction of sp³-hybridized carbons (Fsp3) is 0.350. The van der Waals surface area contributed by atoms with Crippen molar-refractivity contribution < 1.29 is 0 Å². The zero-order chi connectivity index (χ0) is 18.2. The molecule has 0 saturated carbocycles. The van der Waals surface area contributed by atoms with Gasteiger partial charge in [0.05, 0.1) is 23.1 Å². The van der Waals surface area contributed by atoms with Gasteiger partial charge in [-0.2, -0.15) is 0 Å². The number of benzene rings is 1. The van der Waals surface area contributed by atoms with Crippen molar-refractivity contribution in [3.63, 3.8) is 0 Å². The summed E-state index contributed by atoms with van der Waals surface area (Å²) >= 11 is 3.50. The molecule has 1 saturated heterocycles. The van der Waals surface area contributed by atoms with Crippen LogP contribution >= 0.6 is 23.1 Å². The zero-order valence-corrected chi connectivity index (χ0v) is 16.9. The fourth-order valence-corrected chi connectivity index (χ4v) is 5.10. The molecule has 0 unspecified atom stereocenters. The first kappa shape index (κ1) is 17.0. The minimum atomic E-state index is 0.773. The minimum absolute atomic E-state index is 0.773. The third-order valence-electron chi connectivity index (χ3n) is 5.09. The van der Waals surface area contributed by atoms with Crippen LogP contribution in [0.5, 0.6) is 0 Å². The largest absolute Gasteiger partial charge is 0.348 e. The number of aromatic nitrogens is 4. The maximum Gasteiger partial charge on any atom is 0.186 e. The SMILES string of the molecule is CSc1cnc2c(c1)ncn2Cc1ccc2nc(N3CCCCC3)sc2c1. The van der Waals surface area contributed by atoms with E-state index >= 15 is 0 Å². The summed E-state index contributed by atoms with van der Waals surface area (Å²) in [4.78, 5) is 17.6. The molecule has 0 atom stereocenters. The fourth-order valence-electron chi connectivity index (χ4n) is 3.63. The summed E-state index contributed by atoms with van der Waals surface area (Å²) in [6.07, 6.45) is 9.76. The maximum absolute atomic E-state index is 4.85. The van der Waals surface area contributed by atoms with E-state index < -0.39 is 0 Å². The Balaban J connectivity index is 1.43. The highest BCUT2D eigenvalue weighted by Gasteiger charge is 2.15. The van der Waals surface area contributed by atoms with E-state index in [1.54, 1.807) is 11.8 Å². The molecule has 1 fully saturated rings. The molecule has 4 aromatic rings. The number of anilines is 1. The van der Waals surface area contributed by atoms with E-state index in [1.807, 2.05) is 23.9 Å². The van der Waals surface area contributed by atoms with Crippen LogP contribution in [-0.4, -0.2) is 38.9 Å². The Kier molecular flexibility index (Phi) is 4.49. The lowest BCUT2D eigenvalue weighted by Gasteiger charge is -2.25. The van der Waals surface area contributed by atoms with Crippen LogP contribution < -0.4 is 4.90 Å². The van der Waals surface area contributed by atoms with Crippen LogP contribution in [0.15, 0.2) is 41.7 Å². The molecule has 0 aliphatic carbocycles. The average molecular weight is 396 g/mol. The molecule has 5 nitrogen and oxygen atoms in total. The van der Waals surface area contributed by atoms with E-state index in [1.165, 1.54) is 34.7 Å². The molecule has 1 aliphatic rings. The number of hydrogen-bond acceptors (Lipinski definition) is 6. The molecule has 4 heterocycles. The Hall–Kier alpha value is -2.12. The van der Waals surface area contributed by atoms with Crippen molar-refractivity contribution in [1.29, 1.82) is 0 Å². The zero-order valence-electron chi connectivity index (χ0n) is 15.3. The molecule has 1 aliphatic heterocycles. The van der Waals surface area contributed by atoms with Gasteiger partial charge in [0, 0.05) is 24.2 Å². The van der Waals surface area contributed by atoms with Gasteiger partial charge in [0.2, 0.25) is 0 Å². The molecule has 0 amide bonds. The van der Waals surface area contributed by atoms with Crippen molar-refractivity contribution in [2.45, 2.75) is 30.7 Å². The molecule has 3 aromatic heterocycles. The first-order chi connectivity index (χ1) is 13.3. The monoisotopic (exact) mass is 395 g/mol. The van der Waals surface area contributed by atoms with Crippen LogP contribution in [0, 0.1) is 0 Å². The molecule has 27 heavy (non-hydrogen) atoms. The summed E-state index contributed by atoms with van der Waals surface area (Å²) in [5.74, 6) is 0. The maximum atomic E-state index is 4.85. The summed E-state index contributed by atoms with van der Waals surface area (Å²) in [6, 6.07) is 8.68. The van der Waals surface area contributed by atoms with Gasteiger partial charge in [0.25, 0.3) is 0 Å². The summed E-state index contributed by atoms with van der Waals surface area (Å²) in [7, 11) is 0. The molecule has 5 rings (SSSR count). The van der Waals surface area contributed by atoms with Crippen LogP contribution in [0.4, 0.5) is 5.13 Å². The topological polar surface area (TPSA) is 46.8 Å².